The average Bonchev–Trinajstić information content (AvgIpc) is 2.71. The second-order valence-electron chi connectivity index (χ2n) is 7.93. The summed E-state index contributed by atoms with van der Waals surface area (Å²) in [6.45, 7) is 7.50. The number of ether oxygens (including phenoxy) is 1. The molecule has 0 amide bonds. The average molecular weight is 405 g/mol. The quantitative estimate of drug-likeness (QED) is 0.431. The van der Waals surface area contributed by atoms with Crippen LogP contribution in [-0.2, 0) is 16.6 Å². The van der Waals surface area contributed by atoms with E-state index in [-0.39, 0.29) is 24.1 Å². The molecule has 5 heteroatoms. The Balaban J connectivity index is 2.37. The second-order valence-corrected chi connectivity index (χ2v) is 7.93. The Labute approximate surface area is 176 Å². The number of pyridine rings is 1. The zero-order chi connectivity index (χ0) is 22.0. The standard InChI is InChI=1S/C25H27NO4/c1-15(2)30-14-20(13-27)24-23(19-9-7-18(8-10-19)17(4)28)22-12-16(3)6-11-21(22)25(29)26(24)5/h6-13,15,20H,14H2,1-5H3. The molecule has 2 aromatic carbocycles. The first-order valence-corrected chi connectivity index (χ1v) is 10.1. The molecule has 0 saturated heterocycles. The summed E-state index contributed by atoms with van der Waals surface area (Å²) in [7, 11) is 1.69. The van der Waals surface area contributed by atoms with Crippen LogP contribution in [0.3, 0.4) is 0 Å². The smallest absolute Gasteiger partial charge is 0.258 e. The molecule has 1 unspecified atom stereocenters. The third-order valence-electron chi connectivity index (χ3n) is 5.30. The van der Waals surface area contributed by atoms with E-state index in [0.29, 0.717) is 16.6 Å². The molecule has 3 aromatic rings. The number of nitrogens with zero attached hydrogens (tertiary/aromatic N) is 1. The van der Waals surface area contributed by atoms with Gasteiger partial charge in [-0.1, -0.05) is 42.0 Å². The third-order valence-corrected chi connectivity index (χ3v) is 5.30. The minimum Gasteiger partial charge on any atom is -0.378 e. The van der Waals surface area contributed by atoms with Gasteiger partial charge in [0, 0.05) is 29.3 Å². The van der Waals surface area contributed by atoms with Crippen molar-refractivity contribution in [3.05, 3.63) is 69.6 Å². The largest absolute Gasteiger partial charge is 0.378 e. The number of hydrogen-bond donors (Lipinski definition) is 0. The lowest BCUT2D eigenvalue weighted by Gasteiger charge is -2.23. The first kappa shape index (κ1) is 21.7. The van der Waals surface area contributed by atoms with Crippen LogP contribution in [0.2, 0.25) is 0 Å². The van der Waals surface area contributed by atoms with Crippen LogP contribution in [0.4, 0.5) is 0 Å². The number of aryl methyl sites for hydroxylation is 1. The lowest BCUT2D eigenvalue weighted by molar-refractivity contribution is -0.110. The Hall–Kier alpha value is -3.05. The number of Topliss-reactive ketones (excluding diaryl/α,β-unsaturated/α-hetero) is 1. The number of benzene rings is 2. The molecule has 5 nitrogen and oxygen atoms in total. The van der Waals surface area contributed by atoms with Crippen molar-refractivity contribution in [3.63, 3.8) is 0 Å². The summed E-state index contributed by atoms with van der Waals surface area (Å²) in [5, 5.41) is 1.38. The summed E-state index contributed by atoms with van der Waals surface area (Å²) in [4.78, 5) is 36.9. The van der Waals surface area contributed by atoms with Crippen molar-refractivity contribution < 1.29 is 14.3 Å². The highest BCUT2D eigenvalue weighted by atomic mass is 16.5. The van der Waals surface area contributed by atoms with E-state index in [1.54, 1.807) is 23.7 Å². The number of aromatic nitrogens is 1. The van der Waals surface area contributed by atoms with Crippen molar-refractivity contribution in [1.82, 2.24) is 4.57 Å². The van der Waals surface area contributed by atoms with Gasteiger partial charge in [-0.15, -0.1) is 0 Å². The lowest BCUT2D eigenvalue weighted by Crippen LogP contribution is -2.27. The van der Waals surface area contributed by atoms with Gasteiger partial charge < -0.3 is 14.1 Å². The van der Waals surface area contributed by atoms with Gasteiger partial charge in [-0.3, -0.25) is 9.59 Å². The number of rotatable bonds is 7. The van der Waals surface area contributed by atoms with Crippen LogP contribution in [-0.4, -0.2) is 29.3 Å². The van der Waals surface area contributed by atoms with Crippen LogP contribution in [0.25, 0.3) is 21.9 Å². The van der Waals surface area contributed by atoms with Crippen molar-refractivity contribution in [2.75, 3.05) is 6.61 Å². The molecule has 0 N–H and O–H groups in total. The SMILES string of the molecule is CC(=O)c1ccc(-c2c(C(C=O)COC(C)C)n(C)c(=O)c3ccc(C)cc23)cc1. The topological polar surface area (TPSA) is 65.4 Å². The number of hydrogen-bond acceptors (Lipinski definition) is 4. The maximum Gasteiger partial charge on any atom is 0.258 e. The van der Waals surface area contributed by atoms with Crippen molar-refractivity contribution in [2.45, 2.75) is 39.7 Å². The Bertz CT molecular complexity index is 1160. The molecule has 1 aromatic heterocycles. The number of ketones is 1. The molecular formula is C25H27NO4. The van der Waals surface area contributed by atoms with E-state index in [0.717, 1.165) is 28.4 Å². The van der Waals surface area contributed by atoms with E-state index in [2.05, 4.69) is 0 Å². The Morgan fingerprint density at radius 2 is 1.77 bits per heavy atom. The minimum absolute atomic E-state index is 0.0148. The Morgan fingerprint density at radius 1 is 1.10 bits per heavy atom. The van der Waals surface area contributed by atoms with Gasteiger partial charge in [0.05, 0.1) is 18.6 Å². The molecule has 0 aliphatic rings. The first-order chi connectivity index (χ1) is 14.2. The fourth-order valence-electron chi connectivity index (χ4n) is 3.74. The molecule has 0 aliphatic carbocycles. The van der Waals surface area contributed by atoms with Gasteiger partial charge in [-0.25, -0.2) is 0 Å². The van der Waals surface area contributed by atoms with Crippen LogP contribution in [0.5, 0.6) is 0 Å². The van der Waals surface area contributed by atoms with Gasteiger partial charge in [0.25, 0.3) is 5.56 Å². The van der Waals surface area contributed by atoms with E-state index < -0.39 is 5.92 Å². The normalized spacial score (nSPS) is 12.3. The molecule has 0 fully saturated rings. The summed E-state index contributed by atoms with van der Waals surface area (Å²) in [5.41, 5.74) is 3.75. The van der Waals surface area contributed by atoms with Crippen molar-refractivity contribution >= 4 is 22.8 Å². The zero-order valence-electron chi connectivity index (χ0n) is 18.1. The van der Waals surface area contributed by atoms with Crippen molar-refractivity contribution in [3.8, 4) is 11.1 Å². The van der Waals surface area contributed by atoms with Crippen LogP contribution in [0.15, 0.2) is 47.3 Å². The molecule has 0 spiro atoms. The molecule has 30 heavy (non-hydrogen) atoms. The molecule has 1 atom stereocenters. The summed E-state index contributed by atoms with van der Waals surface area (Å²) < 4.78 is 7.28. The minimum atomic E-state index is -0.600. The predicted octanol–water partition coefficient (Wildman–Crippen LogP) is 4.42. The lowest BCUT2D eigenvalue weighted by atomic mass is 9.90. The molecular weight excluding hydrogens is 378 g/mol. The molecule has 156 valence electrons. The van der Waals surface area contributed by atoms with Gasteiger partial charge in [0.1, 0.15) is 6.29 Å². The fraction of sp³-hybridized carbons (Fsp3) is 0.320. The molecule has 1 heterocycles. The van der Waals surface area contributed by atoms with E-state index in [1.807, 2.05) is 51.1 Å². The van der Waals surface area contributed by atoms with E-state index >= 15 is 0 Å². The number of carbonyl (C=O) groups is 2. The van der Waals surface area contributed by atoms with Gasteiger partial charge in [-0.05, 0) is 44.7 Å². The second kappa shape index (κ2) is 8.76. The summed E-state index contributed by atoms with van der Waals surface area (Å²) in [6.07, 6.45) is 0.803. The van der Waals surface area contributed by atoms with Crippen LogP contribution >= 0.6 is 0 Å². The summed E-state index contributed by atoms with van der Waals surface area (Å²) >= 11 is 0. The first-order valence-electron chi connectivity index (χ1n) is 10.1. The molecule has 0 radical (unpaired) electrons. The zero-order valence-corrected chi connectivity index (χ0v) is 18.1. The Morgan fingerprint density at radius 3 is 2.33 bits per heavy atom. The third kappa shape index (κ3) is 4.12. The number of fused-ring (bicyclic) bond motifs is 1. The van der Waals surface area contributed by atoms with Gasteiger partial charge in [-0.2, -0.15) is 0 Å². The maximum atomic E-state index is 13.1. The fourth-order valence-corrected chi connectivity index (χ4v) is 3.74. The van der Waals surface area contributed by atoms with E-state index in [1.165, 1.54) is 6.92 Å². The molecule has 0 aliphatic heterocycles. The Kier molecular flexibility index (Phi) is 6.32. The predicted molar refractivity (Wildman–Crippen MR) is 119 cm³/mol. The maximum absolute atomic E-state index is 13.1. The van der Waals surface area contributed by atoms with Crippen molar-refractivity contribution in [2.24, 2.45) is 7.05 Å². The van der Waals surface area contributed by atoms with E-state index in [9.17, 15) is 14.4 Å². The highest BCUT2D eigenvalue weighted by Gasteiger charge is 2.24. The van der Waals surface area contributed by atoms with Crippen LogP contribution in [0.1, 0.15) is 48.3 Å². The monoisotopic (exact) mass is 405 g/mol. The van der Waals surface area contributed by atoms with Crippen LogP contribution in [0, 0.1) is 6.92 Å². The molecule has 0 bridgehead atoms. The molecule has 0 saturated carbocycles. The highest BCUT2D eigenvalue weighted by Crippen LogP contribution is 2.35. The van der Waals surface area contributed by atoms with Crippen molar-refractivity contribution in [1.29, 1.82) is 0 Å². The van der Waals surface area contributed by atoms with Gasteiger partial charge in [0.2, 0.25) is 0 Å². The molecule has 3 rings (SSSR count). The summed E-state index contributed by atoms with van der Waals surface area (Å²) in [6, 6.07) is 13.0. The number of carbonyl (C=O) groups excluding carboxylic acids is 2. The van der Waals surface area contributed by atoms with Gasteiger partial charge in [0.15, 0.2) is 5.78 Å². The highest BCUT2D eigenvalue weighted by molar-refractivity contribution is 6.00. The van der Waals surface area contributed by atoms with Gasteiger partial charge >= 0.3 is 0 Å². The van der Waals surface area contributed by atoms with Crippen LogP contribution < -0.4 is 5.56 Å². The van der Waals surface area contributed by atoms with E-state index in [4.69, 9.17) is 4.74 Å². The number of aldehydes is 1. The summed E-state index contributed by atoms with van der Waals surface area (Å²) in [5.74, 6) is -0.614.